The van der Waals surface area contributed by atoms with Gasteiger partial charge in [0.2, 0.25) is 0 Å². The van der Waals surface area contributed by atoms with E-state index in [2.05, 4.69) is 44.4 Å². The zero-order valence-electron chi connectivity index (χ0n) is 10.6. The Morgan fingerprint density at radius 3 is 3.11 bits per heavy atom. The van der Waals surface area contributed by atoms with E-state index in [9.17, 15) is 0 Å². The van der Waals surface area contributed by atoms with E-state index in [1.165, 1.54) is 25.1 Å². The number of likely N-dealkylation sites (N-methyl/N-ethyl adjacent to an activating group) is 1. The van der Waals surface area contributed by atoms with Crippen LogP contribution in [-0.2, 0) is 6.42 Å². The Bertz CT molecular complexity index is 549. The molecular weight excluding hydrogens is 290 g/mol. The van der Waals surface area contributed by atoms with Crippen molar-refractivity contribution in [3.63, 3.8) is 0 Å². The van der Waals surface area contributed by atoms with Gasteiger partial charge in [-0.25, -0.2) is 4.98 Å². The molecule has 3 heterocycles. The lowest BCUT2D eigenvalue weighted by molar-refractivity contribution is 0.265. The van der Waals surface area contributed by atoms with Crippen molar-refractivity contribution in [1.29, 1.82) is 0 Å². The molecule has 0 saturated carbocycles. The molecule has 0 N–H and O–H groups in total. The van der Waals surface area contributed by atoms with Crippen LogP contribution >= 0.6 is 15.9 Å². The molecule has 18 heavy (non-hydrogen) atoms. The second-order valence-corrected chi connectivity index (χ2v) is 5.75. The summed E-state index contributed by atoms with van der Waals surface area (Å²) in [7, 11) is 0. The van der Waals surface area contributed by atoms with Crippen molar-refractivity contribution in [2.45, 2.75) is 32.2 Å². The predicted molar refractivity (Wildman–Crippen MR) is 76.9 cm³/mol. The molecule has 3 rings (SSSR count). The molecule has 96 valence electrons. The van der Waals surface area contributed by atoms with Crippen LogP contribution in [0.2, 0.25) is 0 Å². The number of pyridine rings is 1. The third-order valence-electron chi connectivity index (χ3n) is 3.84. The summed E-state index contributed by atoms with van der Waals surface area (Å²) in [6.07, 6.45) is 5.87. The number of hydrogen-bond donors (Lipinski definition) is 0. The van der Waals surface area contributed by atoms with Crippen molar-refractivity contribution in [2.24, 2.45) is 0 Å². The molecule has 0 bridgehead atoms. The standard InChI is InChI=1S/C14H18BrN3/c1-2-17-8-4-5-12(17)9-11-10-18-13(15)6-3-7-14(18)16-11/h3,6-7,10,12H,2,4-5,8-9H2,1H3. The van der Waals surface area contributed by atoms with Crippen LogP contribution in [0.3, 0.4) is 0 Å². The second-order valence-electron chi connectivity index (χ2n) is 4.94. The van der Waals surface area contributed by atoms with Crippen LogP contribution in [0.4, 0.5) is 0 Å². The van der Waals surface area contributed by atoms with E-state index >= 15 is 0 Å². The summed E-state index contributed by atoms with van der Waals surface area (Å²) < 4.78 is 3.18. The lowest BCUT2D eigenvalue weighted by Crippen LogP contribution is -2.30. The molecular formula is C14H18BrN3. The van der Waals surface area contributed by atoms with Gasteiger partial charge in [-0.2, -0.15) is 0 Å². The fourth-order valence-corrected chi connectivity index (χ4v) is 3.35. The highest BCUT2D eigenvalue weighted by molar-refractivity contribution is 9.10. The molecule has 1 aliphatic heterocycles. The highest BCUT2D eigenvalue weighted by Gasteiger charge is 2.23. The monoisotopic (exact) mass is 307 g/mol. The highest BCUT2D eigenvalue weighted by atomic mass is 79.9. The van der Waals surface area contributed by atoms with Crippen LogP contribution in [0.25, 0.3) is 5.65 Å². The van der Waals surface area contributed by atoms with E-state index in [4.69, 9.17) is 4.98 Å². The molecule has 1 saturated heterocycles. The summed E-state index contributed by atoms with van der Waals surface area (Å²) in [4.78, 5) is 7.28. The van der Waals surface area contributed by atoms with Crippen LogP contribution in [0, 0.1) is 0 Å². The molecule has 3 nitrogen and oxygen atoms in total. The van der Waals surface area contributed by atoms with Gasteiger partial charge in [0.15, 0.2) is 0 Å². The average Bonchev–Trinajstić information content (AvgIpc) is 2.96. The number of nitrogens with zero attached hydrogens (tertiary/aromatic N) is 3. The highest BCUT2D eigenvalue weighted by Crippen LogP contribution is 2.21. The zero-order valence-corrected chi connectivity index (χ0v) is 12.2. The van der Waals surface area contributed by atoms with Gasteiger partial charge in [-0.05, 0) is 54.0 Å². The largest absolute Gasteiger partial charge is 0.300 e. The van der Waals surface area contributed by atoms with Gasteiger partial charge in [0.25, 0.3) is 0 Å². The third-order valence-corrected chi connectivity index (χ3v) is 4.49. The molecule has 4 heteroatoms. The maximum absolute atomic E-state index is 4.71. The Morgan fingerprint density at radius 1 is 1.44 bits per heavy atom. The van der Waals surface area contributed by atoms with E-state index in [-0.39, 0.29) is 0 Å². The van der Waals surface area contributed by atoms with E-state index in [0.29, 0.717) is 6.04 Å². The third kappa shape index (κ3) is 2.19. The summed E-state index contributed by atoms with van der Waals surface area (Å²) in [5.41, 5.74) is 2.23. The lowest BCUT2D eigenvalue weighted by Gasteiger charge is -2.21. The van der Waals surface area contributed by atoms with Gasteiger partial charge in [-0.3, -0.25) is 4.40 Å². The van der Waals surface area contributed by atoms with Gasteiger partial charge in [0.1, 0.15) is 5.65 Å². The van der Waals surface area contributed by atoms with Crippen LogP contribution in [0.5, 0.6) is 0 Å². The van der Waals surface area contributed by atoms with E-state index in [1.54, 1.807) is 0 Å². The van der Waals surface area contributed by atoms with E-state index in [1.807, 2.05) is 12.1 Å². The fourth-order valence-electron chi connectivity index (χ4n) is 2.91. The second kappa shape index (κ2) is 5.02. The summed E-state index contributed by atoms with van der Waals surface area (Å²) in [6.45, 7) is 4.65. The SMILES string of the molecule is CCN1CCCC1Cc1cn2c(Br)cccc2n1. The van der Waals surface area contributed by atoms with Gasteiger partial charge >= 0.3 is 0 Å². The van der Waals surface area contributed by atoms with Crippen molar-refractivity contribution >= 4 is 21.6 Å². The maximum Gasteiger partial charge on any atom is 0.137 e. The number of halogens is 1. The summed E-state index contributed by atoms with van der Waals surface area (Å²) >= 11 is 3.56. The normalized spacial score (nSPS) is 20.9. The Balaban J connectivity index is 1.84. The van der Waals surface area contributed by atoms with Crippen LogP contribution in [-0.4, -0.2) is 33.4 Å². The van der Waals surface area contributed by atoms with Gasteiger partial charge in [0.05, 0.1) is 10.3 Å². The number of likely N-dealkylation sites (tertiary alicyclic amines) is 1. The predicted octanol–water partition coefficient (Wildman–Crippen LogP) is 3.12. The summed E-state index contributed by atoms with van der Waals surface area (Å²) in [5, 5.41) is 0. The molecule has 0 amide bonds. The number of hydrogen-bond acceptors (Lipinski definition) is 2. The van der Waals surface area contributed by atoms with Crippen LogP contribution in [0.15, 0.2) is 29.0 Å². The first-order chi connectivity index (χ1) is 8.78. The number of imidazole rings is 1. The van der Waals surface area contributed by atoms with Gasteiger partial charge < -0.3 is 4.90 Å². The topological polar surface area (TPSA) is 20.5 Å². The molecule has 2 aromatic heterocycles. The van der Waals surface area contributed by atoms with Gasteiger partial charge in [-0.15, -0.1) is 0 Å². The molecule has 0 aliphatic carbocycles. The first kappa shape index (κ1) is 12.2. The first-order valence-corrected chi connectivity index (χ1v) is 7.44. The number of rotatable bonds is 3. The molecule has 2 aromatic rings. The van der Waals surface area contributed by atoms with Crippen LogP contribution in [0.1, 0.15) is 25.5 Å². The quantitative estimate of drug-likeness (QED) is 0.812. The average molecular weight is 308 g/mol. The van der Waals surface area contributed by atoms with Gasteiger partial charge in [0, 0.05) is 18.7 Å². The minimum absolute atomic E-state index is 0.679. The first-order valence-electron chi connectivity index (χ1n) is 6.64. The molecule has 0 spiro atoms. The van der Waals surface area contributed by atoms with Gasteiger partial charge in [-0.1, -0.05) is 13.0 Å². The van der Waals surface area contributed by atoms with Crippen molar-refractivity contribution < 1.29 is 0 Å². The molecule has 0 radical (unpaired) electrons. The van der Waals surface area contributed by atoms with Crippen LogP contribution < -0.4 is 0 Å². The summed E-state index contributed by atoms with van der Waals surface area (Å²) in [6, 6.07) is 6.82. The lowest BCUT2D eigenvalue weighted by atomic mass is 10.1. The molecule has 1 fully saturated rings. The van der Waals surface area contributed by atoms with E-state index in [0.717, 1.165) is 23.2 Å². The maximum atomic E-state index is 4.71. The Hall–Kier alpha value is -0.870. The zero-order chi connectivity index (χ0) is 12.5. The molecule has 1 unspecified atom stereocenters. The Morgan fingerprint density at radius 2 is 2.33 bits per heavy atom. The number of aromatic nitrogens is 2. The molecule has 1 atom stereocenters. The van der Waals surface area contributed by atoms with Crippen molar-refractivity contribution in [2.75, 3.05) is 13.1 Å². The fraction of sp³-hybridized carbons (Fsp3) is 0.500. The summed E-state index contributed by atoms with van der Waals surface area (Å²) in [5.74, 6) is 0. The molecule has 0 aromatic carbocycles. The van der Waals surface area contributed by atoms with Crippen molar-refractivity contribution in [3.05, 3.63) is 34.7 Å². The Kier molecular flexibility index (Phi) is 3.39. The number of fused-ring (bicyclic) bond motifs is 1. The minimum Gasteiger partial charge on any atom is -0.300 e. The Labute approximate surface area is 116 Å². The molecule has 1 aliphatic rings. The van der Waals surface area contributed by atoms with Crippen molar-refractivity contribution in [3.8, 4) is 0 Å². The van der Waals surface area contributed by atoms with E-state index < -0.39 is 0 Å². The van der Waals surface area contributed by atoms with Crippen molar-refractivity contribution in [1.82, 2.24) is 14.3 Å². The minimum atomic E-state index is 0.679. The smallest absolute Gasteiger partial charge is 0.137 e.